The van der Waals surface area contributed by atoms with Crippen LogP contribution in [0.15, 0.2) is 67.8 Å². The molecule has 0 bridgehead atoms. The average Bonchev–Trinajstić information content (AvgIpc) is 3.40. The topological polar surface area (TPSA) is 82.8 Å². The molecule has 9 heteroatoms. The molecule has 3 aromatic heterocycles. The summed E-state index contributed by atoms with van der Waals surface area (Å²) in [5, 5.41) is 13.5. The number of allylic oxidation sites excluding steroid dienone is 1. The van der Waals surface area contributed by atoms with Crippen LogP contribution in [-0.2, 0) is 12.3 Å². The zero-order valence-corrected chi connectivity index (χ0v) is 17.4. The van der Waals surface area contributed by atoms with Crippen LogP contribution in [0.2, 0.25) is 0 Å². The number of thioether (sulfide) groups is 1. The van der Waals surface area contributed by atoms with Gasteiger partial charge in [-0.25, -0.2) is 0 Å². The van der Waals surface area contributed by atoms with Gasteiger partial charge in [-0.2, -0.15) is 4.98 Å². The summed E-state index contributed by atoms with van der Waals surface area (Å²) in [6, 6.07) is 9.65. The molecular weight excluding hydrogens is 442 g/mol. The van der Waals surface area contributed by atoms with E-state index < -0.39 is 0 Å². The highest BCUT2D eigenvalue weighted by atomic mass is 79.9. The van der Waals surface area contributed by atoms with E-state index in [1.807, 2.05) is 47.9 Å². The Morgan fingerprint density at radius 3 is 2.93 bits per heavy atom. The fourth-order valence-corrected chi connectivity index (χ4v) is 3.87. The van der Waals surface area contributed by atoms with E-state index in [-0.39, 0.29) is 0 Å². The minimum atomic E-state index is 0.487. The number of furan rings is 1. The Hall–Kier alpha value is -2.65. The summed E-state index contributed by atoms with van der Waals surface area (Å²) in [6.07, 6.45) is 3.46. The van der Waals surface area contributed by atoms with Crippen LogP contribution < -0.4 is 0 Å². The molecule has 0 saturated carbocycles. The number of nitrogens with zero attached hydrogens (tertiary/aromatic N) is 5. The van der Waals surface area contributed by atoms with Gasteiger partial charge in [0.25, 0.3) is 0 Å². The van der Waals surface area contributed by atoms with Crippen molar-refractivity contribution in [3.63, 3.8) is 0 Å². The Labute approximate surface area is 174 Å². The first-order valence-electron chi connectivity index (χ1n) is 8.45. The molecule has 7 nitrogen and oxygen atoms in total. The van der Waals surface area contributed by atoms with E-state index in [2.05, 4.69) is 42.8 Å². The van der Waals surface area contributed by atoms with Crippen LogP contribution in [0.3, 0.4) is 0 Å². The zero-order chi connectivity index (χ0) is 19.5. The van der Waals surface area contributed by atoms with Crippen molar-refractivity contribution in [3.05, 3.63) is 65.4 Å². The van der Waals surface area contributed by atoms with Crippen molar-refractivity contribution in [1.29, 1.82) is 0 Å². The van der Waals surface area contributed by atoms with Crippen molar-refractivity contribution in [1.82, 2.24) is 24.9 Å². The maximum Gasteiger partial charge on any atom is 0.237 e. The molecule has 0 fully saturated rings. The van der Waals surface area contributed by atoms with Gasteiger partial charge in [-0.3, -0.25) is 4.57 Å². The van der Waals surface area contributed by atoms with Crippen molar-refractivity contribution < 1.29 is 8.94 Å². The van der Waals surface area contributed by atoms with Crippen molar-refractivity contribution >= 4 is 27.7 Å². The predicted octanol–water partition coefficient (Wildman–Crippen LogP) is 5.14. The van der Waals surface area contributed by atoms with Gasteiger partial charge in [0.1, 0.15) is 5.76 Å². The molecule has 1 aromatic carbocycles. The summed E-state index contributed by atoms with van der Waals surface area (Å²) in [7, 11) is 0. The third-order valence-electron chi connectivity index (χ3n) is 4.00. The lowest BCUT2D eigenvalue weighted by Gasteiger charge is -2.06. The highest BCUT2D eigenvalue weighted by Crippen LogP contribution is 2.29. The van der Waals surface area contributed by atoms with Gasteiger partial charge in [0.2, 0.25) is 11.7 Å². The van der Waals surface area contributed by atoms with E-state index in [0.717, 1.165) is 32.3 Å². The molecule has 0 amide bonds. The Bertz CT molecular complexity index is 1120. The standard InChI is InChI=1S/C19H16BrN5O2S/c1-3-8-25-18(15-7-9-26-12(15)2)22-23-19(25)28-11-16-21-17(24-27-16)13-5-4-6-14(20)10-13/h3-7,9-10H,1,8,11H2,2H3. The van der Waals surface area contributed by atoms with Crippen molar-refractivity contribution in [2.24, 2.45) is 0 Å². The van der Waals surface area contributed by atoms with Crippen LogP contribution in [0.5, 0.6) is 0 Å². The minimum absolute atomic E-state index is 0.487. The van der Waals surface area contributed by atoms with Gasteiger partial charge >= 0.3 is 0 Å². The first-order valence-corrected chi connectivity index (χ1v) is 10.2. The smallest absolute Gasteiger partial charge is 0.237 e. The lowest BCUT2D eigenvalue weighted by Crippen LogP contribution is -2.00. The van der Waals surface area contributed by atoms with Gasteiger partial charge in [0, 0.05) is 16.6 Å². The summed E-state index contributed by atoms with van der Waals surface area (Å²) in [5.74, 6) is 3.10. The molecule has 4 aromatic rings. The molecule has 0 saturated heterocycles. The second-order valence-corrected chi connectivity index (χ2v) is 7.76. The third kappa shape index (κ3) is 3.81. The molecule has 0 aliphatic rings. The zero-order valence-electron chi connectivity index (χ0n) is 15.0. The van der Waals surface area contributed by atoms with Crippen LogP contribution in [-0.4, -0.2) is 24.9 Å². The second kappa shape index (κ2) is 8.15. The van der Waals surface area contributed by atoms with Gasteiger partial charge in [-0.05, 0) is 25.1 Å². The number of aromatic nitrogens is 5. The number of hydrogen-bond donors (Lipinski definition) is 0. The van der Waals surface area contributed by atoms with Crippen molar-refractivity contribution in [3.8, 4) is 22.8 Å². The van der Waals surface area contributed by atoms with Crippen LogP contribution in [0.25, 0.3) is 22.8 Å². The maximum absolute atomic E-state index is 5.39. The molecule has 0 atom stereocenters. The van der Waals surface area contributed by atoms with Crippen LogP contribution >= 0.6 is 27.7 Å². The van der Waals surface area contributed by atoms with Gasteiger partial charge < -0.3 is 8.94 Å². The van der Waals surface area contributed by atoms with Crippen LogP contribution in [0, 0.1) is 6.92 Å². The number of aryl methyl sites for hydroxylation is 1. The highest BCUT2D eigenvalue weighted by molar-refractivity contribution is 9.10. The quantitative estimate of drug-likeness (QED) is 0.280. The van der Waals surface area contributed by atoms with Crippen molar-refractivity contribution in [2.75, 3.05) is 0 Å². The summed E-state index contributed by atoms with van der Waals surface area (Å²) in [4.78, 5) is 4.47. The molecule has 142 valence electrons. The van der Waals surface area contributed by atoms with E-state index in [9.17, 15) is 0 Å². The second-order valence-electron chi connectivity index (χ2n) is 5.91. The molecular formula is C19H16BrN5O2S. The van der Waals surface area contributed by atoms with Crippen molar-refractivity contribution in [2.45, 2.75) is 24.4 Å². The number of hydrogen-bond acceptors (Lipinski definition) is 7. The van der Waals surface area contributed by atoms with E-state index in [1.54, 1.807) is 6.26 Å². The summed E-state index contributed by atoms with van der Waals surface area (Å²) >= 11 is 4.93. The molecule has 4 rings (SSSR count). The number of benzene rings is 1. The van der Waals surface area contributed by atoms with Crippen LogP contribution in [0.1, 0.15) is 11.7 Å². The molecule has 0 aliphatic carbocycles. The Morgan fingerprint density at radius 2 is 2.18 bits per heavy atom. The first-order chi connectivity index (χ1) is 13.7. The highest BCUT2D eigenvalue weighted by Gasteiger charge is 2.18. The molecule has 0 N–H and O–H groups in total. The maximum atomic E-state index is 5.39. The normalized spacial score (nSPS) is 11.1. The van der Waals surface area contributed by atoms with E-state index >= 15 is 0 Å². The van der Waals surface area contributed by atoms with Crippen LogP contribution in [0.4, 0.5) is 0 Å². The van der Waals surface area contributed by atoms with Gasteiger partial charge in [-0.15, -0.1) is 16.8 Å². The Balaban J connectivity index is 1.53. The van der Waals surface area contributed by atoms with Gasteiger partial charge in [0.15, 0.2) is 11.0 Å². The molecule has 0 spiro atoms. The third-order valence-corrected chi connectivity index (χ3v) is 5.45. The van der Waals surface area contributed by atoms with Gasteiger partial charge in [-0.1, -0.05) is 51.1 Å². The summed E-state index contributed by atoms with van der Waals surface area (Å²) < 4.78 is 13.7. The average molecular weight is 458 g/mol. The summed E-state index contributed by atoms with van der Waals surface area (Å²) in [6.45, 7) is 6.32. The molecule has 0 unspecified atom stereocenters. The SMILES string of the molecule is C=CCn1c(SCc2nc(-c3cccc(Br)c3)no2)nnc1-c1ccoc1C. The lowest BCUT2D eigenvalue weighted by atomic mass is 10.2. The lowest BCUT2D eigenvalue weighted by molar-refractivity contribution is 0.391. The molecule has 28 heavy (non-hydrogen) atoms. The molecule has 3 heterocycles. The van der Waals surface area contributed by atoms with E-state index in [1.165, 1.54) is 11.8 Å². The summed E-state index contributed by atoms with van der Waals surface area (Å²) in [5.41, 5.74) is 1.80. The Kier molecular flexibility index (Phi) is 5.45. The molecule has 0 radical (unpaired) electrons. The number of rotatable bonds is 7. The fraction of sp³-hybridized carbons (Fsp3) is 0.158. The monoisotopic (exact) mass is 457 g/mol. The first kappa shape index (κ1) is 18.7. The number of halogens is 1. The largest absolute Gasteiger partial charge is 0.469 e. The van der Waals surface area contributed by atoms with Gasteiger partial charge in [0.05, 0.1) is 17.6 Å². The van der Waals surface area contributed by atoms with E-state index in [0.29, 0.717) is 24.0 Å². The minimum Gasteiger partial charge on any atom is -0.469 e. The Morgan fingerprint density at radius 1 is 1.29 bits per heavy atom. The fourth-order valence-electron chi connectivity index (χ4n) is 2.69. The molecule has 0 aliphatic heterocycles. The predicted molar refractivity (Wildman–Crippen MR) is 110 cm³/mol. The van der Waals surface area contributed by atoms with E-state index in [4.69, 9.17) is 8.94 Å².